The fourth-order valence-electron chi connectivity index (χ4n) is 1.66. The molecule has 1 fully saturated rings. The molecular formula is C10H11N3O2. The van der Waals surface area contributed by atoms with E-state index < -0.39 is 5.91 Å². The third-order valence-electron chi connectivity index (χ3n) is 2.49. The van der Waals surface area contributed by atoms with Crippen LogP contribution in [0, 0.1) is 5.92 Å². The molecule has 2 N–H and O–H groups in total. The van der Waals surface area contributed by atoms with Gasteiger partial charge in [-0.15, -0.1) is 0 Å². The second-order valence-electron chi connectivity index (χ2n) is 3.52. The van der Waals surface area contributed by atoms with E-state index in [1.807, 2.05) is 0 Å². The molecule has 0 aliphatic carbocycles. The largest absolute Gasteiger partial charge is 0.369 e. The number of carbonyl (C=O) groups is 2. The topological polar surface area (TPSA) is 76.3 Å². The molecule has 1 aliphatic rings. The maximum atomic E-state index is 11.6. The minimum atomic E-state index is -0.422. The minimum absolute atomic E-state index is 0.0770. The quantitative estimate of drug-likeness (QED) is 0.733. The van der Waals surface area contributed by atoms with Crippen molar-refractivity contribution in [3.05, 3.63) is 24.5 Å². The van der Waals surface area contributed by atoms with Crippen LogP contribution in [0.25, 0.3) is 0 Å². The third-order valence-corrected chi connectivity index (χ3v) is 2.49. The molecule has 2 heterocycles. The maximum absolute atomic E-state index is 11.6. The van der Waals surface area contributed by atoms with E-state index >= 15 is 0 Å². The molecule has 0 unspecified atom stereocenters. The molecule has 2 amide bonds. The Morgan fingerprint density at radius 3 is 2.93 bits per heavy atom. The van der Waals surface area contributed by atoms with Crippen LogP contribution in [0.3, 0.4) is 0 Å². The number of hydrogen-bond donors (Lipinski definition) is 1. The molecule has 5 nitrogen and oxygen atoms in total. The van der Waals surface area contributed by atoms with E-state index in [0.717, 1.165) is 0 Å². The lowest BCUT2D eigenvalue weighted by Gasteiger charge is -2.15. The molecule has 1 aromatic rings. The van der Waals surface area contributed by atoms with Crippen molar-refractivity contribution in [1.82, 2.24) is 4.98 Å². The van der Waals surface area contributed by atoms with Crippen molar-refractivity contribution < 1.29 is 9.59 Å². The van der Waals surface area contributed by atoms with Crippen molar-refractivity contribution in [2.75, 3.05) is 11.4 Å². The number of nitrogens with two attached hydrogens (primary N) is 1. The van der Waals surface area contributed by atoms with Crippen LogP contribution in [0.15, 0.2) is 24.5 Å². The zero-order valence-electron chi connectivity index (χ0n) is 8.09. The van der Waals surface area contributed by atoms with Gasteiger partial charge in [-0.25, -0.2) is 0 Å². The zero-order chi connectivity index (χ0) is 10.8. The SMILES string of the molecule is NC(=O)[C@H]1CC(=O)N(c2cccnc2)C1. The summed E-state index contributed by atoms with van der Waals surface area (Å²) < 4.78 is 0. The summed E-state index contributed by atoms with van der Waals surface area (Å²) in [5.74, 6) is -0.876. The summed E-state index contributed by atoms with van der Waals surface area (Å²) in [5, 5.41) is 0. The lowest BCUT2D eigenvalue weighted by molar-refractivity contribution is -0.123. The highest BCUT2D eigenvalue weighted by molar-refractivity contribution is 5.99. The monoisotopic (exact) mass is 205 g/mol. The van der Waals surface area contributed by atoms with Gasteiger partial charge in [0.15, 0.2) is 0 Å². The van der Waals surface area contributed by atoms with E-state index in [2.05, 4.69) is 4.98 Å². The van der Waals surface area contributed by atoms with Gasteiger partial charge in [-0.2, -0.15) is 0 Å². The van der Waals surface area contributed by atoms with Crippen molar-refractivity contribution in [2.45, 2.75) is 6.42 Å². The van der Waals surface area contributed by atoms with Crippen molar-refractivity contribution in [2.24, 2.45) is 11.7 Å². The van der Waals surface area contributed by atoms with Crippen molar-refractivity contribution >= 4 is 17.5 Å². The van der Waals surface area contributed by atoms with E-state index in [9.17, 15) is 9.59 Å². The molecule has 1 aliphatic heterocycles. The summed E-state index contributed by atoms with van der Waals surface area (Å²) in [4.78, 5) is 28.0. The van der Waals surface area contributed by atoms with Gasteiger partial charge >= 0.3 is 0 Å². The van der Waals surface area contributed by atoms with Crippen LogP contribution < -0.4 is 10.6 Å². The summed E-state index contributed by atoms with van der Waals surface area (Å²) in [5.41, 5.74) is 5.88. The Kier molecular flexibility index (Phi) is 2.37. The first-order chi connectivity index (χ1) is 7.18. The first-order valence-corrected chi connectivity index (χ1v) is 4.68. The third kappa shape index (κ3) is 1.81. The Labute approximate surface area is 86.9 Å². The summed E-state index contributed by atoms with van der Waals surface area (Å²) in [7, 11) is 0. The van der Waals surface area contributed by atoms with Gasteiger partial charge in [0.1, 0.15) is 0 Å². The Morgan fingerprint density at radius 1 is 1.60 bits per heavy atom. The number of pyridine rings is 1. The lowest BCUT2D eigenvalue weighted by atomic mass is 10.1. The fourth-order valence-corrected chi connectivity index (χ4v) is 1.66. The molecule has 1 saturated heterocycles. The highest BCUT2D eigenvalue weighted by Gasteiger charge is 2.33. The van der Waals surface area contributed by atoms with E-state index in [0.29, 0.717) is 12.2 Å². The lowest BCUT2D eigenvalue weighted by Crippen LogP contribution is -2.28. The Hall–Kier alpha value is -1.91. The Balaban J connectivity index is 2.19. The first-order valence-electron chi connectivity index (χ1n) is 4.68. The maximum Gasteiger partial charge on any atom is 0.227 e. The highest BCUT2D eigenvalue weighted by atomic mass is 16.2. The molecule has 0 radical (unpaired) electrons. The second-order valence-corrected chi connectivity index (χ2v) is 3.52. The van der Waals surface area contributed by atoms with Gasteiger partial charge in [0, 0.05) is 19.2 Å². The van der Waals surface area contributed by atoms with Crippen LogP contribution >= 0.6 is 0 Å². The number of carbonyl (C=O) groups excluding carboxylic acids is 2. The van der Waals surface area contributed by atoms with E-state index in [4.69, 9.17) is 5.73 Å². The van der Waals surface area contributed by atoms with Crippen molar-refractivity contribution in [3.63, 3.8) is 0 Å². The van der Waals surface area contributed by atoms with E-state index in [1.54, 1.807) is 29.4 Å². The standard InChI is InChI=1S/C10H11N3O2/c11-10(15)7-4-9(14)13(6-7)8-2-1-3-12-5-8/h1-3,5,7H,4,6H2,(H2,11,15)/t7-/m0/s1. The van der Waals surface area contributed by atoms with Gasteiger partial charge in [0.05, 0.1) is 17.8 Å². The van der Waals surface area contributed by atoms with Crippen LogP contribution in [0.4, 0.5) is 5.69 Å². The summed E-state index contributed by atoms with van der Waals surface area (Å²) in [6.07, 6.45) is 3.43. The van der Waals surface area contributed by atoms with Gasteiger partial charge in [-0.1, -0.05) is 0 Å². The number of primary amides is 1. The Bertz CT molecular complexity index is 391. The minimum Gasteiger partial charge on any atom is -0.369 e. The number of anilines is 1. The molecule has 0 saturated carbocycles. The summed E-state index contributed by atoms with van der Waals surface area (Å²) in [6.45, 7) is 0.361. The van der Waals surface area contributed by atoms with Gasteiger partial charge in [0.2, 0.25) is 11.8 Å². The molecule has 0 bridgehead atoms. The summed E-state index contributed by atoms with van der Waals surface area (Å²) >= 11 is 0. The molecule has 78 valence electrons. The number of amides is 2. The molecular weight excluding hydrogens is 194 g/mol. The van der Waals surface area contributed by atoms with E-state index in [-0.39, 0.29) is 18.2 Å². The van der Waals surface area contributed by atoms with Gasteiger partial charge < -0.3 is 10.6 Å². The number of hydrogen-bond acceptors (Lipinski definition) is 3. The zero-order valence-corrected chi connectivity index (χ0v) is 8.09. The average molecular weight is 205 g/mol. The molecule has 5 heteroatoms. The summed E-state index contributed by atoms with van der Waals surface area (Å²) in [6, 6.07) is 3.54. The predicted molar refractivity (Wildman–Crippen MR) is 53.9 cm³/mol. The predicted octanol–water partition coefficient (Wildman–Crippen LogP) is -0.0802. The Morgan fingerprint density at radius 2 is 2.40 bits per heavy atom. The normalized spacial score (nSPS) is 20.7. The fraction of sp³-hybridized carbons (Fsp3) is 0.300. The van der Waals surface area contributed by atoms with Crippen LogP contribution in [-0.2, 0) is 9.59 Å². The molecule has 2 rings (SSSR count). The molecule has 0 aromatic carbocycles. The van der Waals surface area contributed by atoms with Crippen LogP contribution in [0.1, 0.15) is 6.42 Å². The smallest absolute Gasteiger partial charge is 0.227 e. The molecule has 1 aromatic heterocycles. The highest BCUT2D eigenvalue weighted by Crippen LogP contribution is 2.23. The average Bonchev–Trinajstić information content (AvgIpc) is 2.62. The molecule has 0 spiro atoms. The first kappa shape index (κ1) is 9.64. The van der Waals surface area contributed by atoms with Gasteiger partial charge in [-0.3, -0.25) is 14.6 Å². The molecule has 1 atom stereocenters. The van der Waals surface area contributed by atoms with E-state index in [1.165, 1.54) is 0 Å². The number of aromatic nitrogens is 1. The van der Waals surface area contributed by atoms with Crippen LogP contribution in [0.2, 0.25) is 0 Å². The van der Waals surface area contributed by atoms with Crippen molar-refractivity contribution in [1.29, 1.82) is 0 Å². The van der Waals surface area contributed by atoms with Crippen molar-refractivity contribution in [3.8, 4) is 0 Å². The number of rotatable bonds is 2. The molecule has 15 heavy (non-hydrogen) atoms. The van der Waals surface area contributed by atoms with Crippen LogP contribution in [-0.4, -0.2) is 23.3 Å². The van der Waals surface area contributed by atoms with Gasteiger partial charge in [-0.05, 0) is 12.1 Å². The van der Waals surface area contributed by atoms with Gasteiger partial charge in [0.25, 0.3) is 0 Å². The van der Waals surface area contributed by atoms with Crippen LogP contribution in [0.5, 0.6) is 0 Å². The second kappa shape index (κ2) is 3.68. The number of nitrogens with zero attached hydrogens (tertiary/aromatic N) is 2.